The van der Waals surface area contributed by atoms with E-state index in [9.17, 15) is 12.8 Å². The Morgan fingerprint density at radius 1 is 1.33 bits per heavy atom. The summed E-state index contributed by atoms with van der Waals surface area (Å²) in [5, 5.41) is 6.51. The Hall–Kier alpha value is -1.44. The molecule has 0 amide bonds. The van der Waals surface area contributed by atoms with Crippen molar-refractivity contribution in [1.29, 1.82) is 0 Å². The SMILES string of the molecule is CCNCc1cc(F)c(C)c(S(=O)(=O)Nc2ccsc2)c1. The highest BCUT2D eigenvalue weighted by molar-refractivity contribution is 7.92. The molecule has 0 saturated heterocycles. The molecule has 0 spiro atoms. The predicted molar refractivity (Wildman–Crippen MR) is 83.6 cm³/mol. The van der Waals surface area contributed by atoms with E-state index in [2.05, 4.69) is 10.0 Å². The molecule has 0 aliphatic carbocycles. The van der Waals surface area contributed by atoms with Gasteiger partial charge in [0, 0.05) is 17.5 Å². The Kier molecular flexibility index (Phi) is 4.97. The van der Waals surface area contributed by atoms with E-state index < -0.39 is 15.8 Å². The fourth-order valence-electron chi connectivity index (χ4n) is 1.89. The molecular formula is C14H17FN2O2S2. The minimum atomic E-state index is -3.80. The second-order valence-electron chi connectivity index (χ2n) is 4.60. The van der Waals surface area contributed by atoms with E-state index in [1.807, 2.05) is 6.92 Å². The lowest BCUT2D eigenvalue weighted by Crippen LogP contribution is -2.17. The molecule has 0 atom stereocenters. The summed E-state index contributed by atoms with van der Waals surface area (Å²) in [5.74, 6) is -0.518. The van der Waals surface area contributed by atoms with Gasteiger partial charge in [0.15, 0.2) is 0 Å². The maximum Gasteiger partial charge on any atom is 0.262 e. The highest BCUT2D eigenvalue weighted by Crippen LogP contribution is 2.24. The zero-order valence-corrected chi connectivity index (χ0v) is 13.4. The molecule has 0 aliphatic heterocycles. The number of rotatable bonds is 6. The number of thiophene rings is 1. The van der Waals surface area contributed by atoms with Crippen molar-refractivity contribution >= 4 is 27.0 Å². The van der Waals surface area contributed by atoms with E-state index in [0.717, 1.165) is 6.54 Å². The van der Waals surface area contributed by atoms with Gasteiger partial charge in [-0.3, -0.25) is 4.72 Å². The molecule has 0 aliphatic rings. The summed E-state index contributed by atoms with van der Waals surface area (Å²) in [6.45, 7) is 4.55. The number of halogens is 1. The minimum absolute atomic E-state index is 0.0263. The van der Waals surface area contributed by atoms with Crippen LogP contribution in [0.3, 0.4) is 0 Å². The summed E-state index contributed by atoms with van der Waals surface area (Å²) in [5.41, 5.74) is 1.21. The first-order valence-corrected chi connectivity index (χ1v) is 8.91. The summed E-state index contributed by atoms with van der Waals surface area (Å²) in [6, 6.07) is 4.54. The maximum absolute atomic E-state index is 14.0. The first kappa shape index (κ1) is 15.9. The minimum Gasteiger partial charge on any atom is -0.313 e. The van der Waals surface area contributed by atoms with Gasteiger partial charge >= 0.3 is 0 Å². The van der Waals surface area contributed by atoms with Crippen LogP contribution in [0.15, 0.2) is 33.9 Å². The first-order chi connectivity index (χ1) is 9.94. The van der Waals surface area contributed by atoms with Crippen molar-refractivity contribution in [2.45, 2.75) is 25.3 Å². The molecule has 1 aromatic heterocycles. The van der Waals surface area contributed by atoms with E-state index in [1.54, 1.807) is 16.8 Å². The fraction of sp³-hybridized carbons (Fsp3) is 0.286. The molecule has 0 saturated carbocycles. The van der Waals surface area contributed by atoms with Crippen molar-refractivity contribution in [3.8, 4) is 0 Å². The molecule has 2 rings (SSSR count). The van der Waals surface area contributed by atoms with Crippen molar-refractivity contribution in [1.82, 2.24) is 5.32 Å². The number of sulfonamides is 1. The van der Waals surface area contributed by atoms with Gasteiger partial charge in [0.25, 0.3) is 10.0 Å². The second-order valence-corrected chi connectivity index (χ2v) is 7.03. The fourth-order valence-corrected chi connectivity index (χ4v) is 3.91. The normalized spacial score (nSPS) is 11.6. The molecular weight excluding hydrogens is 311 g/mol. The molecule has 0 unspecified atom stereocenters. The van der Waals surface area contributed by atoms with Crippen LogP contribution in [-0.4, -0.2) is 15.0 Å². The molecule has 0 bridgehead atoms. The van der Waals surface area contributed by atoms with Crippen LogP contribution < -0.4 is 10.0 Å². The van der Waals surface area contributed by atoms with Crippen LogP contribution in [0.1, 0.15) is 18.1 Å². The Balaban J connectivity index is 2.39. The van der Waals surface area contributed by atoms with Crippen LogP contribution in [0.25, 0.3) is 0 Å². The lowest BCUT2D eigenvalue weighted by atomic mass is 10.1. The van der Waals surface area contributed by atoms with Gasteiger partial charge in [-0.1, -0.05) is 6.92 Å². The van der Waals surface area contributed by atoms with Crippen LogP contribution >= 0.6 is 11.3 Å². The van der Waals surface area contributed by atoms with Gasteiger partial charge in [-0.15, -0.1) is 0 Å². The average Bonchev–Trinajstić information content (AvgIpc) is 2.91. The molecule has 2 aromatic rings. The van der Waals surface area contributed by atoms with Crippen LogP contribution in [-0.2, 0) is 16.6 Å². The van der Waals surface area contributed by atoms with Gasteiger partial charge < -0.3 is 5.32 Å². The second kappa shape index (κ2) is 6.55. The molecule has 0 radical (unpaired) electrons. The summed E-state index contributed by atoms with van der Waals surface area (Å²) in [6.07, 6.45) is 0. The number of benzene rings is 1. The molecule has 1 aromatic carbocycles. The molecule has 2 N–H and O–H groups in total. The van der Waals surface area contributed by atoms with E-state index in [0.29, 0.717) is 17.8 Å². The van der Waals surface area contributed by atoms with Crippen molar-refractivity contribution in [3.05, 3.63) is 45.9 Å². The molecule has 0 fully saturated rings. The van der Waals surface area contributed by atoms with Crippen LogP contribution in [0.2, 0.25) is 0 Å². The van der Waals surface area contributed by atoms with E-state index >= 15 is 0 Å². The van der Waals surface area contributed by atoms with Crippen LogP contribution in [0, 0.1) is 12.7 Å². The smallest absolute Gasteiger partial charge is 0.262 e. The van der Waals surface area contributed by atoms with Crippen molar-refractivity contribution in [2.24, 2.45) is 0 Å². The van der Waals surface area contributed by atoms with Gasteiger partial charge in [-0.25, -0.2) is 12.8 Å². The van der Waals surface area contributed by atoms with Gasteiger partial charge in [-0.05, 0) is 42.6 Å². The Labute approximate surface area is 128 Å². The van der Waals surface area contributed by atoms with Gasteiger partial charge in [-0.2, -0.15) is 11.3 Å². The average molecular weight is 328 g/mol. The van der Waals surface area contributed by atoms with E-state index in [4.69, 9.17) is 0 Å². The first-order valence-electron chi connectivity index (χ1n) is 6.49. The summed E-state index contributed by atoms with van der Waals surface area (Å²) in [7, 11) is -3.80. The zero-order valence-electron chi connectivity index (χ0n) is 11.8. The standard InChI is InChI=1S/C14H17FN2O2S2/c1-3-16-8-11-6-13(15)10(2)14(7-11)21(18,19)17-12-4-5-20-9-12/h4-7,9,16-17H,3,8H2,1-2H3. The lowest BCUT2D eigenvalue weighted by Gasteiger charge is -2.12. The predicted octanol–water partition coefficient (Wildman–Crippen LogP) is 3.11. The van der Waals surface area contributed by atoms with Gasteiger partial charge in [0.1, 0.15) is 5.82 Å². The van der Waals surface area contributed by atoms with Crippen molar-refractivity contribution in [3.63, 3.8) is 0 Å². The monoisotopic (exact) mass is 328 g/mol. The number of anilines is 1. The number of hydrogen-bond donors (Lipinski definition) is 2. The van der Waals surface area contributed by atoms with Gasteiger partial charge in [0.2, 0.25) is 0 Å². The highest BCUT2D eigenvalue weighted by atomic mass is 32.2. The molecule has 4 nitrogen and oxygen atoms in total. The number of nitrogens with one attached hydrogen (secondary N) is 2. The quantitative estimate of drug-likeness (QED) is 0.856. The molecule has 7 heteroatoms. The Bertz CT molecular complexity index is 713. The van der Waals surface area contributed by atoms with Crippen molar-refractivity contribution < 1.29 is 12.8 Å². The molecule has 1 heterocycles. The van der Waals surface area contributed by atoms with E-state index in [1.165, 1.54) is 30.4 Å². The summed E-state index contributed by atoms with van der Waals surface area (Å²) in [4.78, 5) is -0.0263. The van der Waals surface area contributed by atoms with Gasteiger partial charge in [0.05, 0.1) is 10.6 Å². The van der Waals surface area contributed by atoms with Crippen LogP contribution in [0.4, 0.5) is 10.1 Å². The topological polar surface area (TPSA) is 58.2 Å². The zero-order chi connectivity index (χ0) is 15.5. The lowest BCUT2D eigenvalue weighted by molar-refractivity contribution is 0.587. The largest absolute Gasteiger partial charge is 0.313 e. The van der Waals surface area contributed by atoms with Crippen molar-refractivity contribution in [2.75, 3.05) is 11.3 Å². The maximum atomic E-state index is 14.0. The highest BCUT2D eigenvalue weighted by Gasteiger charge is 2.20. The van der Waals surface area contributed by atoms with Crippen LogP contribution in [0.5, 0.6) is 0 Å². The summed E-state index contributed by atoms with van der Waals surface area (Å²) >= 11 is 1.39. The van der Waals surface area contributed by atoms with E-state index in [-0.39, 0.29) is 10.5 Å². The third kappa shape index (κ3) is 3.81. The summed E-state index contributed by atoms with van der Waals surface area (Å²) < 4.78 is 41.2. The number of hydrogen-bond acceptors (Lipinski definition) is 4. The molecule has 21 heavy (non-hydrogen) atoms. The Morgan fingerprint density at radius 3 is 2.71 bits per heavy atom. The Morgan fingerprint density at radius 2 is 2.10 bits per heavy atom. The molecule has 114 valence electrons. The third-order valence-electron chi connectivity index (χ3n) is 3.00. The third-order valence-corrected chi connectivity index (χ3v) is 5.19.